The van der Waals surface area contributed by atoms with Crippen molar-refractivity contribution in [3.63, 3.8) is 0 Å². The number of hydrogen-bond acceptors (Lipinski definition) is 4. The minimum atomic E-state index is -0.0491. The van der Waals surface area contributed by atoms with Gasteiger partial charge in [0, 0.05) is 19.1 Å². The van der Waals surface area contributed by atoms with Gasteiger partial charge in [0.15, 0.2) is 0 Å². The second-order valence-corrected chi connectivity index (χ2v) is 6.91. The molecule has 0 radical (unpaired) electrons. The van der Waals surface area contributed by atoms with Crippen molar-refractivity contribution in [3.8, 4) is 0 Å². The van der Waals surface area contributed by atoms with Gasteiger partial charge in [-0.3, -0.25) is 14.2 Å². The van der Waals surface area contributed by atoms with Crippen LogP contribution in [0.4, 0.5) is 0 Å². The minimum Gasteiger partial charge on any atom is -0.335 e. The molecule has 1 aliphatic rings. The highest BCUT2D eigenvalue weighted by Gasteiger charge is 2.28. The summed E-state index contributed by atoms with van der Waals surface area (Å²) in [7, 11) is 0. The summed E-state index contributed by atoms with van der Waals surface area (Å²) in [6.07, 6.45) is 4.86. The fourth-order valence-corrected chi connectivity index (χ4v) is 4.21. The standard InChI is InChI=1S/C16H21N3O2S/c1-4-18-9-17-14-12(15(18)20)11(3)13(22-14)16(21)19-8-6-5-7-10(19)2/h9-10H,4-8H2,1-3H3. The van der Waals surface area contributed by atoms with Crippen molar-refractivity contribution < 1.29 is 4.79 Å². The summed E-state index contributed by atoms with van der Waals surface area (Å²) >= 11 is 1.35. The summed E-state index contributed by atoms with van der Waals surface area (Å²) in [5, 5.41) is 0.599. The summed E-state index contributed by atoms with van der Waals surface area (Å²) in [4.78, 5) is 33.0. The summed E-state index contributed by atoms with van der Waals surface area (Å²) < 4.78 is 1.58. The normalized spacial score (nSPS) is 18.9. The van der Waals surface area contributed by atoms with Crippen LogP contribution < -0.4 is 5.56 Å². The van der Waals surface area contributed by atoms with Crippen LogP contribution in [0, 0.1) is 6.92 Å². The Morgan fingerprint density at radius 1 is 1.45 bits per heavy atom. The van der Waals surface area contributed by atoms with E-state index in [-0.39, 0.29) is 17.5 Å². The molecule has 22 heavy (non-hydrogen) atoms. The molecule has 118 valence electrons. The Morgan fingerprint density at radius 2 is 2.23 bits per heavy atom. The highest BCUT2D eigenvalue weighted by molar-refractivity contribution is 7.20. The third-order valence-electron chi connectivity index (χ3n) is 4.52. The number of aromatic nitrogens is 2. The lowest BCUT2D eigenvalue weighted by atomic mass is 10.0. The van der Waals surface area contributed by atoms with Gasteiger partial charge >= 0.3 is 0 Å². The number of carbonyl (C=O) groups excluding carboxylic acids is 1. The van der Waals surface area contributed by atoms with Gasteiger partial charge in [-0.05, 0) is 45.6 Å². The highest BCUT2D eigenvalue weighted by Crippen LogP contribution is 2.30. The van der Waals surface area contributed by atoms with Crippen LogP contribution >= 0.6 is 11.3 Å². The van der Waals surface area contributed by atoms with Gasteiger partial charge in [0.2, 0.25) is 0 Å². The Hall–Kier alpha value is -1.69. The molecule has 6 heteroatoms. The topological polar surface area (TPSA) is 55.2 Å². The van der Waals surface area contributed by atoms with Gasteiger partial charge in [-0.1, -0.05) is 0 Å². The van der Waals surface area contributed by atoms with E-state index in [9.17, 15) is 9.59 Å². The zero-order chi connectivity index (χ0) is 15.9. The van der Waals surface area contributed by atoms with Gasteiger partial charge < -0.3 is 4.90 Å². The predicted molar refractivity (Wildman–Crippen MR) is 88.6 cm³/mol. The van der Waals surface area contributed by atoms with Gasteiger partial charge in [0.1, 0.15) is 4.83 Å². The number of nitrogens with zero attached hydrogens (tertiary/aromatic N) is 3. The maximum absolute atomic E-state index is 12.9. The fourth-order valence-electron chi connectivity index (χ4n) is 3.12. The molecule has 0 aromatic carbocycles. The number of aryl methyl sites for hydroxylation is 2. The molecule has 0 spiro atoms. The van der Waals surface area contributed by atoms with Crippen molar-refractivity contribution in [1.29, 1.82) is 0 Å². The van der Waals surface area contributed by atoms with Gasteiger partial charge in [-0.2, -0.15) is 0 Å². The van der Waals surface area contributed by atoms with Crippen molar-refractivity contribution in [2.75, 3.05) is 6.54 Å². The first-order valence-electron chi connectivity index (χ1n) is 7.84. The van der Waals surface area contributed by atoms with E-state index < -0.39 is 0 Å². The molecule has 1 saturated heterocycles. The lowest BCUT2D eigenvalue weighted by Crippen LogP contribution is -2.41. The molecule has 0 N–H and O–H groups in total. The Bertz CT molecular complexity index is 778. The Balaban J connectivity index is 2.08. The number of piperidine rings is 1. The van der Waals surface area contributed by atoms with Crippen molar-refractivity contribution >= 4 is 27.5 Å². The lowest BCUT2D eigenvalue weighted by Gasteiger charge is -2.33. The van der Waals surface area contributed by atoms with Gasteiger partial charge in [-0.15, -0.1) is 11.3 Å². The molecule has 1 aliphatic heterocycles. The van der Waals surface area contributed by atoms with Gasteiger partial charge in [-0.25, -0.2) is 4.98 Å². The largest absolute Gasteiger partial charge is 0.335 e. The molecule has 1 unspecified atom stereocenters. The lowest BCUT2D eigenvalue weighted by molar-refractivity contribution is 0.0640. The second kappa shape index (κ2) is 5.83. The molecule has 2 aromatic heterocycles. The van der Waals surface area contributed by atoms with Gasteiger partial charge in [0.05, 0.1) is 16.6 Å². The predicted octanol–water partition coefficient (Wildman–Crippen LogP) is 2.80. The van der Waals surface area contributed by atoms with Crippen LogP contribution in [0.3, 0.4) is 0 Å². The molecule has 3 rings (SSSR count). The molecule has 0 aliphatic carbocycles. The van der Waals surface area contributed by atoms with E-state index in [1.807, 2.05) is 18.7 Å². The molecular formula is C16H21N3O2S. The molecule has 0 bridgehead atoms. The third-order valence-corrected chi connectivity index (χ3v) is 5.70. The first kappa shape index (κ1) is 15.2. The average molecular weight is 319 g/mol. The zero-order valence-corrected chi connectivity index (χ0v) is 14.1. The Kier molecular flexibility index (Phi) is 4.04. The monoisotopic (exact) mass is 319 g/mol. The molecule has 1 atom stereocenters. The van der Waals surface area contributed by atoms with Crippen LogP contribution in [0.2, 0.25) is 0 Å². The smallest absolute Gasteiger partial charge is 0.264 e. The second-order valence-electron chi connectivity index (χ2n) is 5.92. The van der Waals surface area contributed by atoms with Gasteiger partial charge in [0.25, 0.3) is 11.5 Å². The van der Waals surface area contributed by atoms with E-state index in [0.717, 1.165) is 24.9 Å². The summed E-state index contributed by atoms with van der Waals surface area (Å²) in [6, 6.07) is 0.270. The molecule has 0 saturated carbocycles. The molecule has 5 nitrogen and oxygen atoms in total. The number of likely N-dealkylation sites (tertiary alicyclic amines) is 1. The van der Waals surface area contributed by atoms with E-state index in [1.54, 1.807) is 10.9 Å². The number of thiophene rings is 1. The van der Waals surface area contributed by atoms with Crippen molar-refractivity contribution in [2.24, 2.45) is 0 Å². The Labute approximate surface area is 133 Å². The van der Waals surface area contributed by atoms with Crippen LogP contribution in [0.1, 0.15) is 48.3 Å². The quantitative estimate of drug-likeness (QED) is 0.855. The van der Waals surface area contributed by atoms with Crippen LogP contribution in [0.15, 0.2) is 11.1 Å². The van der Waals surface area contributed by atoms with Crippen molar-refractivity contribution in [1.82, 2.24) is 14.5 Å². The first-order chi connectivity index (χ1) is 10.5. The molecule has 3 heterocycles. The highest BCUT2D eigenvalue weighted by atomic mass is 32.1. The molecule has 2 aromatic rings. The number of rotatable bonds is 2. The third kappa shape index (κ3) is 2.35. The van der Waals surface area contributed by atoms with Crippen LogP contribution in [-0.4, -0.2) is 32.9 Å². The van der Waals surface area contributed by atoms with Crippen LogP contribution in [-0.2, 0) is 6.54 Å². The van der Waals surface area contributed by atoms with E-state index in [2.05, 4.69) is 11.9 Å². The summed E-state index contributed by atoms with van der Waals surface area (Å²) in [5.74, 6) is 0.0511. The average Bonchev–Trinajstić information content (AvgIpc) is 2.85. The van der Waals surface area contributed by atoms with E-state index >= 15 is 0 Å². The van der Waals surface area contributed by atoms with Crippen LogP contribution in [0.25, 0.3) is 10.2 Å². The molecular weight excluding hydrogens is 298 g/mol. The van der Waals surface area contributed by atoms with E-state index in [4.69, 9.17) is 0 Å². The number of carbonyl (C=O) groups is 1. The van der Waals surface area contributed by atoms with Crippen LogP contribution in [0.5, 0.6) is 0 Å². The van der Waals surface area contributed by atoms with Crippen molar-refractivity contribution in [2.45, 2.75) is 52.6 Å². The molecule has 1 amide bonds. The SMILES string of the molecule is CCn1cnc2sc(C(=O)N3CCCCC3C)c(C)c2c1=O. The maximum Gasteiger partial charge on any atom is 0.264 e. The number of hydrogen-bond donors (Lipinski definition) is 0. The Morgan fingerprint density at radius 3 is 2.91 bits per heavy atom. The van der Waals surface area contributed by atoms with Crippen molar-refractivity contribution in [3.05, 3.63) is 27.1 Å². The van der Waals surface area contributed by atoms with E-state index in [1.165, 1.54) is 17.8 Å². The molecule has 1 fully saturated rings. The zero-order valence-electron chi connectivity index (χ0n) is 13.3. The fraction of sp³-hybridized carbons (Fsp3) is 0.562. The maximum atomic E-state index is 12.9. The number of fused-ring (bicyclic) bond motifs is 1. The van der Waals surface area contributed by atoms with E-state index in [0.29, 0.717) is 21.6 Å². The summed E-state index contributed by atoms with van der Waals surface area (Å²) in [6.45, 7) is 7.27. The first-order valence-corrected chi connectivity index (χ1v) is 8.65. The number of amides is 1. The minimum absolute atomic E-state index is 0.0491. The summed E-state index contributed by atoms with van der Waals surface area (Å²) in [5.41, 5.74) is 0.732.